The van der Waals surface area contributed by atoms with Crippen LogP contribution < -0.4 is 0 Å². The van der Waals surface area contributed by atoms with Crippen LogP contribution in [0, 0.1) is 0 Å². The normalized spacial score (nSPS) is 12.5. The van der Waals surface area contributed by atoms with E-state index in [2.05, 4.69) is 13.1 Å². The van der Waals surface area contributed by atoms with Crippen molar-refractivity contribution >= 4 is 20.5 Å². The van der Waals surface area contributed by atoms with Crippen LogP contribution in [0.15, 0.2) is 65.7 Å². The number of carbonyl (C=O) groups is 1. The molecule has 2 aromatic carbocycles. The van der Waals surface area contributed by atoms with Gasteiger partial charge < -0.3 is 4.74 Å². The molecular formula is C22H29NO2Si. The molecule has 2 rings (SSSR count). The van der Waals surface area contributed by atoms with Crippen molar-refractivity contribution < 1.29 is 9.53 Å². The molecule has 0 bridgehead atoms. The summed E-state index contributed by atoms with van der Waals surface area (Å²) in [5, 5.41) is 0. The van der Waals surface area contributed by atoms with E-state index in [4.69, 9.17) is 9.73 Å². The molecule has 1 atom stereocenters. The van der Waals surface area contributed by atoms with Gasteiger partial charge in [-0.1, -0.05) is 73.8 Å². The Labute approximate surface area is 158 Å². The van der Waals surface area contributed by atoms with Gasteiger partial charge in [0.25, 0.3) is 0 Å². The van der Waals surface area contributed by atoms with E-state index < -0.39 is 20.4 Å². The molecule has 2 aromatic rings. The maximum Gasteiger partial charge on any atom is 0.331 e. The van der Waals surface area contributed by atoms with Crippen molar-refractivity contribution in [2.45, 2.75) is 51.6 Å². The van der Waals surface area contributed by atoms with Crippen LogP contribution in [0.4, 0.5) is 0 Å². The van der Waals surface area contributed by atoms with Gasteiger partial charge in [-0.2, -0.15) is 0 Å². The molecule has 0 aliphatic carbocycles. The van der Waals surface area contributed by atoms with Crippen LogP contribution >= 0.6 is 0 Å². The largest absolute Gasteiger partial charge is 0.458 e. The summed E-state index contributed by atoms with van der Waals surface area (Å²) in [6.45, 7) is 10.2. The number of esters is 1. The first-order valence-corrected chi connectivity index (χ1v) is 12.3. The number of hydrogen-bond donors (Lipinski definition) is 0. The van der Waals surface area contributed by atoms with E-state index in [1.165, 1.54) is 0 Å². The summed E-state index contributed by atoms with van der Waals surface area (Å²) in [5.41, 5.74) is 2.36. The lowest BCUT2D eigenvalue weighted by molar-refractivity contribution is -0.155. The van der Waals surface area contributed by atoms with Crippen LogP contribution in [0.5, 0.6) is 0 Å². The maximum absolute atomic E-state index is 12.8. The van der Waals surface area contributed by atoms with Gasteiger partial charge in [0.05, 0.1) is 5.71 Å². The fraction of sp³-hybridized carbons (Fsp3) is 0.364. The fourth-order valence-corrected chi connectivity index (χ4v) is 3.87. The van der Waals surface area contributed by atoms with Crippen molar-refractivity contribution in [2.24, 2.45) is 4.99 Å². The van der Waals surface area contributed by atoms with Gasteiger partial charge >= 0.3 is 5.97 Å². The first-order valence-electron chi connectivity index (χ1n) is 9.18. The lowest BCUT2D eigenvalue weighted by Gasteiger charge is -2.23. The molecule has 0 unspecified atom stereocenters. The predicted molar refractivity (Wildman–Crippen MR) is 112 cm³/mol. The van der Waals surface area contributed by atoms with Gasteiger partial charge in [-0.05, 0) is 26.8 Å². The molecule has 138 valence electrons. The molecule has 0 aromatic heterocycles. The third-order valence-corrected chi connectivity index (χ3v) is 5.14. The van der Waals surface area contributed by atoms with E-state index in [0.29, 0.717) is 0 Å². The Morgan fingerprint density at radius 2 is 1.42 bits per heavy atom. The van der Waals surface area contributed by atoms with Crippen molar-refractivity contribution in [3.63, 3.8) is 0 Å². The molecule has 0 heterocycles. The summed E-state index contributed by atoms with van der Waals surface area (Å²) in [4.78, 5) is 17.7. The standard InChI is InChI=1S/C22H29NO2Si/c1-22(2,3)25-21(24)19(16-26(4)5)23-20(17-12-8-6-9-13-17)18-14-10-7-11-15-18/h6-15,19,26H,16H2,1-5H3/t19-/m1/s1. The highest BCUT2D eigenvalue weighted by molar-refractivity contribution is 6.56. The van der Waals surface area contributed by atoms with Crippen LogP contribution in [0.1, 0.15) is 31.9 Å². The SMILES string of the molecule is C[SiH](C)C[C@@H](N=C(c1ccccc1)c1ccccc1)C(=O)OC(C)(C)C. The summed E-state index contributed by atoms with van der Waals surface area (Å²) in [6, 6.07) is 20.4. The van der Waals surface area contributed by atoms with E-state index in [1.54, 1.807) is 0 Å². The molecule has 0 fully saturated rings. The quantitative estimate of drug-likeness (QED) is 0.421. The van der Waals surface area contributed by atoms with Gasteiger partial charge in [0, 0.05) is 19.9 Å². The first-order chi connectivity index (χ1) is 12.3. The predicted octanol–water partition coefficient (Wildman–Crippen LogP) is 4.72. The van der Waals surface area contributed by atoms with Crippen LogP contribution in [-0.4, -0.2) is 32.1 Å². The minimum atomic E-state index is -1.01. The zero-order valence-electron chi connectivity index (χ0n) is 16.4. The van der Waals surface area contributed by atoms with Gasteiger partial charge in [-0.15, -0.1) is 0 Å². The van der Waals surface area contributed by atoms with Crippen LogP contribution in [-0.2, 0) is 9.53 Å². The number of ether oxygens (including phenoxy) is 1. The molecule has 0 spiro atoms. The van der Waals surface area contributed by atoms with Crippen LogP contribution in [0.3, 0.4) is 0 Å². The van der Waals surface area contributed by atoms with Crippen molar-refractivity contribution in [3.8, 4) is 0 Å². The Kier molecular flexibility index (Phi) is 6.92. The van der Waals surface area contributed by atoms with E-state index in [-0.39, 0.29) is 5.97 Å². The van der Waals surface area contributed by atoms with Crippen molar-refractivity contribution in [3.05, 3.63) is 71.8 Å². The number of benzene rings is 2. The first kappa shape index (κ1) is 20.1. The van der Waals surface area contributed by atoms with Crippen molar-refractivity contribution in [1.82, 2.24) is 0 Å². The minimum Gasteiger partial charge on any atom is -0.458 e. The van der Waals surface area contributed by atoms with Gasteiger partial charge in [-0.25, -0.2) is 4.79 Å². The van der Waals surface area contributed by atoms with Crippen molar-refractivity contribution in [1.29, 1.82) is 0 Å². The van der Waals surface area contributed by atoms with E-state index in [0.717, 1.165) is 22.9 Å². The van der Waals surface area contributed by atoms with Gasteiger partial charge in [-0.3, -0.25) is 4.99 Å². The molecule has 0 amide bonds. The lowest BCUT2D eigenvalue weighted by Crippen LogP contribution is -2.33. The van der Waals surface area contributed by atoms with Crippen molar-refractivity contribution in [2.75, 3.05) is 0 Å². The van der Waals surface area contributed by atoms with E-state index >= 15 is 0 Å². The third kappa shape index (κ3) is 6.26. The number of carbonyl (C=O) groups excluding carboxylic acids is 1. The number of nitrogens with zero attached hydrogens (tertiary/aromatic N) is 1. The highest BCUT2D eigenvalue weighted by Gasteiger charge is 2.26. The average Bonchev–Trinajstić information content (AvgIpc) is 2.58. The number of aliphatic imine (C=N–C) groups is 1. The summed E-state index contributed by atoms with van der Waals surface area (Å²) >= 11 is 0. The van der Waals surface area contributed by atoms with Gasteiger partial charge in [0.15, 0.2) is 0 Å². The Morgan fingerprint density at radius 3 is 1.81 bits per heavy atom. The Morgan fingerprint density at radius 1 is 0.962 bits per heavy atom. The Balaban J connectivity index is 2.47. The molecule has 0 aliphatic heterocycles. The average molecular weight is 368 g/mol. The van der Waals surface area contributed by atoms with Crippen LogP contribution in [0.25, 0.3) is 0 Å². The molecule has 3 nitrogen and oxygen atoms in total. The molecule has 4 heteroatoms. The van der Waals surface area contributed by atoms with E-state index in [1.807, 2.05) is 81.4 Å². The third-order valence-electron chi connectivity index (χ3n) is 3.75. The Hall–Kier alpha value is -2.20. The van der Waals surface area contributed by atoms with Gasteiger partial charge in [0.1, 0.15) is 11.6 Å². The summed E-state index contributed by atoms with van der Waals surface area (Å²) < 4.78 is 5.65. The second kappa shape index (κ2) is 8.95. The zero-order chi connectivity index (χ0) is 19.2. The topological polar surface area (TPSA) is 38.7 Å². The molecule has 0 N–H and O–H groups in total. The second-order valence-corrected chi connectivity index (χ2v) is 11.1. The summed E-state index contributed by atoms with van der Waals surface area (Å²) in [5.74, 6) is -0.233. The summed E-state index contributed by atoms with van der Waals surface area (Å²) in [7, 11) is -1.01. The van der Waals surface area contributed by atoms with Gasteiger partial charge in [0.2, 0.25) is 0 Å². The molecule has 26 heavy (non-hydrogen) atoms. The monoisotopic (exact) mass is 367 g/mol. The molecular weight excluding hydrogens is 338 g/mol. The summed E-state index contributed by atoms with van der Waals surface area (Å²) in [6.07, 6.45) is 0. The fourth-order valence-electron chi connectivity index (χ4n) is 2.68. The zero-order valence-corrected chi connectivity index (χ0v) is 17.6. The molecule has 0 aliphatic rings. The molecule has 0 saturated heterocycles. The molecule has 0 saturated carbocycles. The number of hydrogen-bond acceptors (Lipinski definition) is 3. The lowest BCUT2D eigenvalue weighted by atomic mass is 10.0. The van der Waals surface area contributed by atoms with Crippen LogP contribution in [0.2, 0.25) is 19.1 Å². The van der Waals surface area contributed by atoms with E-state index in [9.17, 15) is 4.79 Å². The maximum atomic E-state index is 12.8. The second-order valence-electron chi connectivity index (χ2n) is 7.89. The highest BCUT2D eigenvalue weighted by Crippen LogP contribution is 2.18. The number of rotatable bonds is 6. The molecule has 0 radical (unpaired) electrons. The highest BCUT2D eigenvalue weighted by atomic mass is 28.3. The smallest absolute Gasteiger partial charge is 0.331 e. The minimum absolute atomic E-state index is 0.233. The Bertz CT molecular complexity index is 692.